The van der Waals surface area contributed by atoms with E-state index in [0.29, 0.717) is 18.5 Å². The number of primary amides is 1. The van der Waals surface area contributed by atoms with Gasteiger partial charge in [-0.15, -0.1) is 0 Å². The average molecular weight is 376 g/mol. The molecule has 144 valence electrons. The Morgan fingerprint density at radius 1 is 1.37 bits per heavy atom. The van der Waals surface area contributed by atoms with Crippen LogP contribution in [0.15, 0.2) is 30.5 Å². The van der Waals surface area contributed by atoms with Crippen molar-refractivity contribution in [2.45, 2.75) is 44.2 Å². The Bertz CT molecular complexity index is 844. The van der Waals surface area contributed by atoms with E-state index in [2.05, 4.69) is 20.6 Å². The smallest absolute Gasteiger partial charge is 0.271 e. The highest BCUT2D eigenvalue weighted by molar-refractivity contribution is 5.96. The number of rotatable bonds is 5. The van der Waals surface area contributed by atoms with Crippen LogP contribution in [0, 0.1) is 6.92 Å². The summed E-state index contributed by atoms with van der Waals surface area (Å²) in [5.41, 5.74) is 12.7. The summed E-state index contributed by atoms with van der Waals surface area (Å²) in [6, 6.07) is 5.47. The number of nitrogens with two attached hydrogens (primary N) is 2. The minimum absolute atomic E-state index is 0.0414. The zero-order chi connectivity index (χ0) is 19.6. The Hall–Kier alpha value is -2.81. The van der Waals surface area contributed by atoms with E-state index < -0.39 is 23.9 Å². The largest absolute Gasteiger partial charge is 0.364 e. The fraction of sp³-hybridized carbons (Fsp3) is 0.389. The molecule has 1 fully saturated rings. The summed E-state index contributed by atoms with van der Waals surface area (Å²) < 4.78 is 27.7. The summed E-state index contributed by atoms with van der Waals surface area (Å²) in [6.07, 6.45) is 1.93. The third kappa shape index (κ3) is 4.30. The molecule has 2 atom stereocenters. The molecule has 3 rings (SSSR count). The first kappa shape index (κ1) is 19.0. The molecule has 1 aliphatic rings. The number of carbonyl (C=O) groups is 1. The van der Waals surface area contributed by atoms with Crippen LogP contribution in [-0.2, 0) is 0 Å². The lowest BCUT2D eigenvalue weighted by Crippen LogP contribution is -2.55. The molecule has 9 heteroatoms. The highest BCUT2D eigenvalue weighted by Gasteiger charge is 2.44. The fourth-order valence-electron chi connectivity index (χ4n) is 3.14. The van der Waals surface area contributed by atoms with Crippen LogP contribution in [0.2, 0.25) is 0 Å². The number of benzene rings is 1. The van der Waals surface area contributed by atoms with Gasteiger partial charge in [0.1, 0.15) is 5.82 Å². The van der Waals surface area contributed by atoms with E-state index >= 15 is 0 Å². The Kier molecular flexibility index (Phi) is 5.22. The normalized spacial score (nSPS) is 21.5. The molecule has 1 aromatic heterocycles. The SMILES string of the molecule is Cc1cccc(Nc2nc(N[C@@H]3CCCC(F)(F)[C@@H]3N)cnc2C(N)=O)c1. The number of anilines is 3. The monoisotopic (exact) mass is 376 g/mol. The van der Waals surface area contributed by atoms with Gasteiger partial charge in [0, 0.05) is 18.2 Å². The number of carbonyl (C=O) groups excluding carboxylic acids is 1. The molecule has 0 radical (unpaired) electrons. The number of nitrogens with zero attached hydrogens (tertiary/aromatic N) is 2. The molecule has 6 N–H and O–H groups in total. The van der Waals surface area contributed by atoms with Gasteiger partial charge in [-0.25, -0.2) is 18.7 Å². The summed E-state index contributed by atoms with van der Waals surface area (Å²) in [4.78, 5) is 20.0. The van der Waals surface area contributed by atoms with Gasteiger partial charge in [0.15, 0.2) is 11.5 Å². The summed E-state index contributed by atoms with van der Waals surface area (Å²) in [5.74, 6) is -3.29. The van der Waals surface area contributed by atoms with Crippen LogP contribution in [0.25, 0.3) is 0 Å². The van der Waals surface area contributed by atoms with E-state index in [1.54, 1.807) is 6.07 Å². The quantitative estimate of drug-likeness (QED) is 0.637. The first-order valence-electron chi connectivity index (χ1n) is 8.67. The second-order valence-electron chi connectivity index (χ2n) is 6.74. The van der Waals surface area contributed by atoms with Gasteiger partial charge in [-0.2, -0.15) is 0 Å². The number of hydrogen-bond acceptors (Lipinski definition) is 6. The van der Waals surface area contributed by atoms with Gasteiger partial charge in [-0.05, 0) is 37.5 Å². The summed E-state index contributed by atoms with van der Waals surface area (Å²) in [6.45, 7) is 1.93. The lowest BCUT2D eigenvalue weighted by molar-refractivity contribution is -0.0554. The Labute approximate surface area is 155 Å². The maximum absolute atomic E-state index is 13.9. The number of nitrogens with one attached hydrogen (secondary N) is 2. The van der Waals surface area contributed by atoms with Gasteiger partial charge < -0.3 is 22.1 Å². The topological polar surface area (TPSA) is 119 Å². The maximum atomic E-state index is 13.9. The molecule has 1 heterocycles. The van der Waals surface area contributed by atoms with E-state index in [0.717, 1.165) is 5.56 Å². The fourth-order valence-corrected chi connectivity index (χ4v) is 3.14. The maximum Gasteiger partial charge on any atom is 0.271 e. The Morgan fingerprint density at radius 3 is 2.85 bits per heavy atom. The van der Waals surface area contributed by atoms with Crippen molar-refractivity contribution < 1.29 is 13.6 Å². The van der Waals surface area contributed by atoms with Crippen molar-refractivity contribution in [3.8, 4) is 0 Å². The lowest BCUT2D eigenvalue weighted by atomic mass is 9.87. The van der Waals surface area contributed by atoms with Crippen LogP contribution in [0.5, 0.6) is 0 Å². The van der Waals surface area contributed by atoms with Gasteiger partial charge in [-0.3, -0.25) is 4.79 Å². The van der Waals surface area contributed by atoms with Crippen molar-refractivity contribution >= 4 is 23.2 Å². The van der Waals surface area contributed by atoms with Crippen LogP contribution in [0.4, 0.5) is 26.1 Å². The standard InChI is InChI=1S/C18H22F2N6O/c1-10-4-2-5-11(8-10)24-17-14(16(22)27)23-9-13(26-17)25-12-6-3-7-18(19,20)15(12)21/h2,4-5,8-9,12,15H,3,6-7,21H2,1H3,(H2,22,27)(H2,24,25,26)/t12-,15-/m1/s1. The number of halogens is 2. The molecule has 1 aliphatic carbocycles. The van der Waals surface area contributed by atoms with Gasteiger partial charge in [0.05, 0.1) is 12.2 Å². The molecule has 2 aromatic rings. The van der Waals surface area contributed by atoms with Crippen LogP contribution in [-0.4, -0.2) is 33.9 Å². The van der Waals surface area contributed by atoms with Gasteiger partial charge in [-0.1, -0.05) is 12.1 Å². The van der Waals surface area contributed by atoms with Gasteiger partial charge in [0.2, 0.25) is 0 Å². The highest BCUT2D eigenvalue weighted by Crippen LogP contribution is 2.33. The minimum Gasteiger partial charge on any atom is -0.364 e. The van der Waals surface area contributed by atoms with E-state index in [-0.39, 0.29) is 23.8 Å². The number of alkyl halides is 2. The van der Waals surface area contributed by atoms with E-state index in [4.69, 9.17) is 11.5 Å². The number of amides is 1. The molecular weight excluding hydrogens is 354 g/mol. The molecule has 0 unspecified atom stereocenters. The second kappa shape index (κ2) is 7.43. The second-order valence-corrected chi connectivity index (χ2v) is 6.74. The molecule has 0 aliphatic heterocycles. The molecule has 1 amide bonds. The highest BCUT2D eigenvalue weighted by atomic mass is 19.3. The first-order chi connectivity index (χ1) is 12.8. The average Bonchev–Trinajstić information content (AvgIpc) is 2.59. The van der Waals surface area contributed by atoms with Crippen molar-refractivity contribution in [3.63, 3.8) is 0 Å². The molecule has 1 aromatic carbocycles. The molecular formula is C18H22F2N6O. The molecule has 27 heavy (non-hydrogen) atoms. The van der Waals surface area contributed by atoms with Crippen LogP contribution in [0.1, 0.15) is 35.3 Å². The molecule has 0 saturated heterocycles. The Morgan fingerprint density at radius 2 is 2.15 bits per heavy atom. The third-order valence-electron chi connectivity index (χ3n) is 4.57. The molecule has 7 nitrogen and oxygen atoms in total. The number of aryl methyl sites for hydroxylation is 1. The van der Waals surface area contributed by atoms with Gasteiger partial charge >= 0.3 is 0 Å². The summed E-state index contributed by atoms with van der Waals surface area (Å²) in [5, 5.41) is 5.93. The van der Waals surface area contributed by atoms with Crippen LogP contribution >= 0.6 is 0 Å². The molecule has 0 spiro atoms. The van der Waals surface area contributed by atoms with Crippen molar-refractivity contribution in [2.24, 2.45) is 11.5 Å². The summed E-state index contributed by atoms with van der Waals surface area (Å²) >= 11 is 0. The predicted molar refractivity (Wildman–Crippen MR) is 99.2 cm³/mol. The van der Waals surface area contributed by atoms with E-state index in [1.807, 2.05) is 25.1 Å². The first-order valence-corrected chi connectivity index (χ1v) is 8.67. The Balaban J connectivity index is 1.86. The molecule has 0 bridgehead atoms. The number of hydrogen-bond donors (Lipinski definition) is 4. The minimum atomic E-state index is -2.93. The third-order valence-corrected chi connectivity index (χ3v) is 4.57. The van der Waals surface area contributed by atoms with Crippen LogP contribution < -0.4 is 22.1 Å². The van der Waals surface area contributed by atoms with E-state index in [1.165, 1.54) is 6.20 Å². The zero-order valence-corrected chi connectivity index (χ0v) is 14.9. The van der Waals surface area contributed by atoms with E-state index in [9.17, 15) is 13.6 Å². The van der Waals surface area contributed by atoms with Crippen molar-refractivity contribution in [1.29, 1.82) is 0 Å². The summed E-state index contributed by atoms with van der Waals surface area (Å²) in [7, 11) is 0. The lowest BCUT2D eigenvalue weighted by Gasteiger charge is -2.36. The van der Waals surface area contributed by atoms with Crippen LogP contribution in [0.3, 0.4) is 0 Å². The zero-order valence-electron chi connectivity index (χ0n) is 14.9. The number of aromatic nitrogens is 2. The van der Waals surface area contributed by atoms with Crippen molar-refractivity contribution in [1.82, 2.24) is 9.97 Å². The van der Waals surface area contributed by atoms with Gasteiger partial charge in [0.25, 0.3) is 11.8 Å². The van der Waals surface area contributed by atoms with Crippen molar-refractivity contribution in [2.75, 3.05) is 10.6 Å². The predicted octanol–water partition coefficient (Wildman–Crippen LogP) is 2.55. The molecule has 1 saturated carbocycles. The van der Waals surface area contributed by atoms with Crippen molar-refractivity contribution in [3.05, 3.63) is 41.7 Å².